The second kappa shape index (κ2) is 6.86. The number of allylic oxidation sites excluding steroid dienone is 1. The lowest BCUT2D eigenvalue weighted by Gasteiger charge is -2.36. The summed E-state index contributed by atoms with van der Waals surface area (Å²) in [7, 11) is 0. The van der Waals surface area contributed by atoms with Gasteiger partial charge in [0.2, 0.25) is 5.91 Å². The van der Waals surface area contributed by atoms with Crippen LogP contribution in [0.2, 0.25) is 0 Å². The fourth-order valence-corrected chi connectivity index (χ4v) is 3.25. The zero-order valence-electron chi connectivity index (χ0n) is 13.4. The third kappa shape index (κ3) is 3.43. The van der Waals surface area contributed by atoms with Crippen LogP contribution < -0.4 is 4.90 Å². The number of carbonyl (C=O) groups excluding carboxylic acids is 1. The predicted octanol–water partition coefficient (Wildman–Crippen LogP) is 2.33. The molecule has 0 aliphatic carbocycles. The molecule has 2 saturated heterocycles. The topological polar surface area (TPSA) is 26.8 Å². The number of likely N-dealkylation sites (tertiary alicyclic amines) is 1. The summed E-state index contributed by atoms with van der Waals surface area (Å²) in [5, 5.41) is 0. The molecule has 0 unspecified atom stereocenters. The molecule has 1 aromatic carbocycles. The number of nitrogens with zero attached hydrogens (tertiary/aromatic N) is 3. The van der Waals surface area contributed by atoms with Crippen molar-refractivity contribution in [2.45, 2.75) is 19.8 Å². The highest BCUT2D eigenvalue weighted by Crippen LogP contribution is 2.17. The lowest BCUT2D eigenvalue weighted by Crippen LogP contribution is -2.48. The first-order chi connectivity index (χ1) is 10.7. The first kappa shape index (κ1) is 14.9. The lowest BCUT2D eigenvalue weighted by atomic mass is 10.2. The molecule has 1 amide bonds. The minimum absolute atomic E-state index is 0.164. The van der Waals surface area contributed by atoms with Crippen LogP contribution >= 0.6 is 0 Å². The molecule has 118 valence electrons. The van der Waals surface area contributed by atoms with E-state index in [1.165, 1.54) is 18.5 Å². The molecule has 2 aliphatic heterocycles. The van der Waals surface area contributed by atoms with Crippen molar-refractivity contribution < 1.29 is 4.79 Å². The number of para-hydroxylation sites is 1. The molecular weight excluding hydrogens is 274 g/mol. The third-order valence-corrected chi connectivity index (χ3v) is 4.65. The number of rotatable bonds is 3. The van der Waals surface area contributed by atoms with E-state index in [1.807, 2.05) is 17.0 Å². The summed E-state index contributed by atoms with van der Waals surface area (Å²) >= 11 is 0. The van der Waals surface area contributed by atoms with Crippen LogP contribution in [-0.2, 0) is 4.79 Å². The Kier molecular flexibility index (Phi) is 4.66. The maximum Gasteiger partial charge on any atom is 0.248 e. The van der Waals surface area contributed by atoms with Gasteiger partial charge in [0.05, 0.1) is 0 Å². The summed E-state index contributed by atoms with van der Waals surface area (Å²) in [6, 6.07) is 10.4. The van der Waals surface area contributed by atoms with Crippen LogP contribution in [0.1, 0.15) is 19.8 Å². The number of carbonyl (C=O) groups is 1. The second-order valence-corrected chi connectivity index (χ2v) is 6.13. The first-order valence-corrected chi connectivity index (χ1v) is 8.26. The molecule has 4 heteroatoms. The molecule has 2 aliphatic rings. The van der Waals surface area contributed by atoms with Crippen molar-refractivity contribution in [2.24, 2.45) is 0 Å². The normalized spacial score (nSPS) is 19.7. The van der Waals surface area contributed by atoms with E-state index >= 15 is 0 Å². The summed E-state index contributed by atoms with van der Waals surface area (Å²) in [5.74, 6) is 0.164. The lowest BCUT2D eigenvalue weighted by molar-refractivity contribution is -0.126. The van der Waals surface area contributed by atoms with Crippen molar-refractivity contribution >= 4 is 11.6 Å². The van der Waals surface area contributed by atoms with Crippen molar-refractivity contribution in [2.75, 3.05) is 44.2 Å². The number of piperazine rings is 1. The maximum atomic E-state index is 12.4. The zero-order chi connectivity index (χ0) is 15.4. The van der Waals surface area contributed by atoms with Crippen molar-refractivity contribution in [1.29, 1.82) is 0 Å². The van der Waals surface area contributed by atoms with Gasteiger partial charge in [-0.3, -0.25) is 4.79 Å². The van der Waals surface area contributed by atoms with E-state index in [2.05, 4.69) is 41.0 Å². The predicted molar refractivity (Wildman–Crippen MR) is 89.8 cm³/mol. The van der Waals surface area contributed by atoms with Gasteiger partial charge in [-0.15, -0.1) is 0 Å². The van der Waals surface area contributed by atoms with Crippen LogP contribution in [0.3, 0.4) is 0 Å². The van der Waals surface area contributed by atoms with Gasteiger partial charge >= 0.3 is 0 Å². The van der Waals surface area contributed by atoms with Gasteiger partial charge in [0.15, 0.2) is 0 Å². The SMILES string of the molecule is CC(=CC(=O)N1CCN(c2ccccc2)CC1)N1CCCC1. The average molecular weight is 299 g/mol. The van der Waals surface area contributed by atoms with E-state index in [4.69, 9.17) is 0 Å². The summed E-state index contributed by atoms with van der Waals surface area (Å²) in [5.41, 5.74) is 2.37. The summed E-state index contributed by atoms with van der Waals surface area (Å²) in [6.45, 7) is 7.67. The Hall–Kier alpha value is -1.97. The number of hydrogen-bond acceptors (Lipinski definition) is 3. The molecule has 0 aromatic heterocycles. The van der Waals surface area contributed by atoms with Crippen LogP contribution in [0.15, 0.2) is 42.1 Å². The molecule has 0 bridgehead atoms. The molecule has 0 atom stereocenters. The standard InChI is InChI=1S/C18H25N3O/c1-16(19-9-5-6-10-19)15-18(22)21-13-11-20(12-14-21)17-7-3-2-4-8-17/h2-4,7-8,15H,5-6,9-14H2,1H3. The first-order valence-electron chi connectivity index (χ1n) is 8.26. The summed E-state index contributed by atoms with van der Waals surface area (Å²) in [4.78, 5) is 19.0. The molecule has 2 fully saturated rings. The molecule has 0 saturated carbocycles. The fraction of sp³-hybridized carbons (Fsp3) is 0.500. The van der Waals surface area contributed by atoms with Crippen LogP contribution in [0.4, 0.5) is 5.69 Å². The highest BCUT2D eigenvalue weighted by Gasteiger charge is 2.21. The molecule has 1 aromatic rings. The molecule has 3 rings (SSSR count). The average Bonchev–Trinajstić information content (AvgIpc) is 3.10. The van der Waals surface area contributed by atoms with Gasteiger partial charge in [0.25, 0.3) is 0 Å². The van der Waals surface area contributed by atoms with Gasteiger partial charge in [0.1, 0.15) is 0 Å². The number of benzene rings is 1. The Balaban J connectivity index is 1.54. The second-order valence-electron chi connectivity index (χ2n) is 6.13. The molecule has 0 spiro atoms. The van der Waals surface area contributed by atoms with Crippen LogP contribution in [0.25, 0.3) is 0 Å². The number of amides is 1. The minimum atomic E-state index is 0.164. The largest absolute Gasteiger partial charge is 0.375 e. The van der Waals surface area contributed by atoms with Crippen molar-refractivity contribution in [3.8, 4) is 0 Å². The monoisotopic (exact) mass is 299 g/mol. The van der Waals surface area contributed by atoms with E-state index in [9.17, 15) is 4.79 Å². The maximum absolute atomic E-state index is 12.4. The quantitative estimate of drug-likeness (QED) is 0.802. The zero-order valence-corrected chi connectivity index (χ0v) is 13.4. The van der Waals surface area contributed by atoms with Crippen molar-refractivity contribution in [3.63, 3.8) is 0 Å². The minimum Gasteiger partial charge on any atom is -0.375 e. The number of hydrogen-bond donors (Lipinski definition) is 0. The van der Waals surface area contributed by atoms with E-state index in [-0.39, 0.29) is 5.91 Å². The highest BCUT2D eigenvalue weighted by atomic mass is 16.2. The van der Waals surface area contributed by atoms with Gasteiger partial charge in [-0.05, 0) is 31.9 Å². The Bertz CT molecular complexity index is 527. The van der Waals surface area contributed by atoms with Crippen LogP contribution in [0, 0.1) is 0 Å². The fourth-order valence-electron chi connectivity index (χ4n) is 3.25. The smallest absolute Gasteiger partial charge is 0.248 e. The van der Waals surface area contributed by atoms with Crippen molar-refractivity contribution in [3.05, 3.63) is 42.1 Å². The van der Waals surface area contributed by atoms with Gasteiger partial charge in [0, 0.05) is 56.7 Å². The van der Waals surface area contributed by atoms with Gasteiger partial charge < -0.3 is 14.7 Å². The van der Waals surface area contributed by atoms with Gasteiger partial charge in [-0.2, -0.15) is 0 Å². The molecule has 0 N–H and O–H groups in total. The highest BCUT2D eigenvalue weighted by molar-refractivity contribution is 5.88. The molecule has 0 radical (unpaired) electrons. The van der Waals surface area contributed by atoms with E-state index < -0.39 is 0 Å². The Morgan fingerprint density at radius 3 is 2.18 bits per heavy atom. The van der Waals surface area contributed by atoms with Gasteiger partial charge in [-0.25, -0.2) is 0 Å². The number of anilines is 1. The molecule has 22 heavy (non-hydrogen) atoms. The van der Waals surface area contributed by atoms with Crippen LogP contribution in [0.5, 0.6) is 0 Å². The Morgan fingerprint density at radius 1 is 0.909 bits per heavy atom. The Morgan fingerprint density at radius 2 is 1.55 bits per heavy atom. The molecule has 2 heterocycles. The van der Waals surface area contributed by atoms with Gasteiger partial charge in [-0.1, -0.05) is 18.2 Å². The van der Waals surface area contributed by atoms with Crippen molar-refractivity contribution in [1.82, 2.24) is 9.80 Å². The molecule has 4 nitrogen and oxygen atoms in total. The Labute approximate surface area is 133 Å². The summed E-state index contributed by atoms with van der Waals surface area (Å²) in [6.07, 6.45) is 4.31. The molecular formula is C18H25N3O. The summed E-state index contributed by atoms with van der Waals surface area (Å²) < 4.78 is 0. The van der Waals surface area contributed by atoms with E-state index in [0.717, 1.165) is 45.0 Å². The third-order valence-electron chi connectivity index (χ3n) is 4.65. The van der Waals surface area contributed by atoms with Crippen LogP contribution in [-0.4, -0.2) is 55.0 Å². The van der Waals surface area contributed by atoms with E-state index in [0.29, 0.717) is 0 Å². The van der Waals surface area contributed by atoms with E-state index in [1.54, 1.807) is 0 Å².